The molecule has 0 aromatic carbocycles. The smallest absolute Gasteiger partial charge is 0.137 e. The highest BCUT2D eigenvalue weighted by Gasteiger charge is 2.06. The van der Waals surface area contributed by atoms with Gasteiger partial charge in [-0.1, -0.05) is 0 Å². The second-order valence-corrected chi connectivity index (χ2v) is 3.00. The van der Waals surface area contributed by atoms with Gasteiger partial charge in [0, 0.05) is 0 Å². The molecular weight excluding hydrogens is 201 g/mol. The van der Waals surface area contributed by atoms with Gasteiger partial charge < -0.3 is 0 Å². The molecule has 0 unspecified atom stereocenters. The van der Waals surface area contributed by atoms with E-state index in [1.165, 1.54) is 0 Å². The van der Waals surface area contributed by atoms with Crippen LogP contribution in [0, 0.1) is 0 Å². The zero-order chi connectivity index (χ0) is 5.15. The van der Waals surface area contributed by atoms with Crippen molar-refractivity contribution in [1.29, 1.82) is 0 Å². The fourth-order valence-electron chi connectivity index (χ4n) is 0. The number of halogens is 5. The molecule has 7 heavy (non-hydrogen) atoms. The molecule has 46 valence electrons. The van der Waals surface area contributed by atoms with E-state index < -0.39 is 9.67 Å². The van der Waals surface area contributed by atoms with E-state index in [-0.39, 0.29) is 12.4 Å². The first-order chi connectivity index (χ1) is 2.64. The molecule has 0 aromatic rings. The Labute approximate surface area is 68.5 Å². The van der Waals surface area contributed by atoms with Crippen LogP contribution in [0.25, 0.3) is 0 Å². The van der Waals surface area contributed by atoms with Crippen molar-refractivity contribution in [2.75, 3.05) is 0 Å². The van der Waals surface area contributed by atoms with E-state index in [4.69, 9.17) is 46.4 Å². The van der Waals surface area contributed by atoms with Crippen LogP contribution in [0.3, 0.4) is 0 Å². The number of rotatable bonds is 1. The lowest BCUT2D eigenvalue weighted by molar-refractivity contribution is 1.29. The molecule has 0 aliphatic rings. The number of hydrogen-bond donors (Lipinski definition) is 0. The summed E-state index contributed by atoms with van der Waals surface area (Å²) in [6.45, 7) is 0. The first kappa shape index (κ1) is 11.3. The molecule has 0 rings (SSSR count). The normalized spacial score (nSPS) is 9.43. The van der Waals surface area contributed by atoms with E-state index >= 15 is 0 Å². The average molecular weight is 204 g/mol. The minimum absolute atomic E-state index is 0. The Balaban J connectivity index is 0. The van der Waals surface area contributed by atoms with E-state index in [0.717, 1.165) is 0 Å². The molecule has 0 spiro atoms. The van der Waals surface area contributed by atoms with Gasteiger partial charge >= 0.3 is 0 Å². The molecule has 0 saturated carbocycles. The summed E-state index contributed by atoms with van der Waals surface area (Å²) >= 11 is 20.5. The monoisotopic (exact) mass is 202 g/mol. The summed E-state index contributed by atoms with van der Waals surface area (Å²) in [4.78, 5) is -1.35. The maximum Gasteiger partial charge on any atom is 0.137 e. The van der Waals surface area contributed by atoms with Crippen LogP contribution in [0.4, 0.5) is 0 Å². The van der Waals surface area contributed by atoms with Gasteiger partial charge in [-0.3, -0.25) is 0 Å². The lowest BCUT2D eigenvalue weighted by atomic mass is 10.9. The lowest BCUT2D eigenvalue weighted by Gasteiger charge is -1.95. The SMILES string of the molecule is Cl.ClC(Cl)C(Cl)Cl. The Morgan fingerprint density at radius 2 is 0.857 bits per heavy atom. The average Bonchev–Trinajstić information content (AvgIpc) is 1.36. The standard InChI is InChI=1S/C2H2Cl4.ClH/c3-1(4)2(5)6;/h1-2H;1H. The van der Waals surface area contributed by atoms with Gasteiger partial charge in [-0.15, -0.1) is 58.8 Å². The van der Waals surface area contributed by atoms with Crippen molar-refractivity contribution >= 4 is 58.8 Å². The quantitative estimate of drug-likeness (QED) is 0.576. The van der Waals surface area contributed by atoms with Gasteiger partial charge in [0.1, 0.15) is 9.67 Å². The topological polar surface area (TPSA) is 0 Å². The van der Waals surface area contributed by atoms with E-state index in [2.05, 4.69) is 0 Å². The van der Waals surface area contributed by atoms with E-state index in [9.17, 15) is 0 Å². The summed E-state index contributed by atoms with van der Waals surface area (Å²) in [6, 6.07) is 0. The van der Waals surface area contributed by atoms with Crippen LogP contribution in [0.2, 0.25) is 0 Å². The van der Waals surface area contributed by atoms with Crippen molar-refractivity contribution in [3.8, 4) is 0 Å². The van der Waals surface area contributed by atoms with Crippen molar-refractivity contribution in [3.05, 3.63) is 0 Å². The second-order valence-electron chi connectivity index (χ2n) is 0.669. The van der Waals surface area contributed by atoms with Crippen LogP contribution in [0.1, 0.15) is 0 Å². The van der Waals surface area contributed by atoms with Gasteiger partial charge in [0.25, 0.3) is 0 Å². The Morgan fingerprint density at radius 1 is 0.714 bits per heavy atom. The van der Waals surface area contributed by atoms with Gasteiger partial charge in [-0.25, -0.2) is 0 Å². The minimum Gasteiger partial charge on any atom is -0.147 e. The van der Waals surface area contributed by atoms with Gasteiger partial charge in [-0.2, -0.15) is 0 Å². The predicted molar refractivity (Wildman–Crippen MR) is 38.2 cm³/mol. The molecule has 0 aromatic heterocycles. The highest BCUT2D eigenvalue weighted by atomic mass is 35.5. The minimum atomic E-state index is -0.673. The molecule has 0 aliphatic carbocycles. The van der Waals surface area contributed by atoms with Crippen LogP contribution < -0.4 is 0 Å². The zero-order valence-electron chi connectivity index (χ0n) is 3.07. The molecule has 0 amide bonds. The van der Waals surface area contributed by atoms with Gasteiger partial charge in [0.15, 0.2) is 0 Å². The summed E-state index contributed by atoms with van der Waals surface area (Å²) < 4.78 is 0. The first-order valence-electron chi connectivity index (χ1n) is 1.21. The summed E-state index contributed by atoms with van der Waals surface area (Å²) in [5.41, 5.74) is 0. The third kappa shape index (κ3) is 7.45. The van der Waals surface area contributed by atoms with E-state index in [1.807, 2.05) is 0 Å². The number of alkyl halides is 4. The van der Waals surface area contributed by atoms with Gasteiger partial charge in [0.2, 0.25) is 0 Å². The largest absolute Gasteiger partial charge is 0.147 e. The first-order valence-corrected chi connectivity index (χ1v) is 2.95. The van der Waals surface area contributed by atoms with Gasteiger partial charge in [-0.05, 0) is 0 Å². The molecule has 0 heterocycles. The maximum atomic E-state index is 5.11. The maximum absolute atomic E-state index is 5.11. The second kappa shape index (κ2) is 5.58. The molecule has 0 atom stereocenters. The molecule has 0 fully saturated rings. The Hall–Kier alpha value is 1.45. The molecule has 0 saturated heterocycles. The van der Waals surface area contributed by atoms with E-state index in [1.54, 1.807) is 0 Å². The lowest BCUT2D eigenvalue weighted by Crippen LogP contribution is -1.96. The summed E-state index contributed by atoms with van der Waals surface area (Å²) in [6.07, 6.45) is 0. The highest BCUT2D eigenvalue weighted by molar-refractivity contribution is 6.56. The summed E-state index contributed by atoms with van der Waals surface area (Å²) in [5.74, 6) is 0. The fraction of sp³-hybridized carbons (Fsp3) is 1.00. The van der Waals surface area contributed by atoms with Crippen LogP contribution >= 0.6 is 58.8 Å². The van der Waals surface area contributed by atoms with Gasteiger partial charge in [0.05, 0.1) is 0 Å². The molecular formula is C2H3Cl5. The molecule has 0 radical (unpaired) electrons. The third-order valence-corrected chi connectivity index (χ3v) is 1.71. The predicted octanol–water partition coefficient (Wildman–Crippen LogP) is 3.02. The van der Waals surface area contributed by atoms with Crippen LogP contribution in [0.15, 0.2) is 0 Å². The Bertz CT molecular complexity index is 27.1. The van der Waals surface area contributed by atoms with E-state index in [0.29, 0.717) is 0 Å². The highest BCUT2D eigenvalue weighted by Crippen LogP contribution is 2.16. The molecule has 0 bridgehead atoms. The third-order valence-electron chi connectivity index (χ3n) is 0.190. The van der Waals surface area contributed by atoms with Crippen LogP contribution in [-0.2, 0) is 0 Å². The summed E-state index contributed by atoms with van der Waals surface area (Å²) in [5, 5.41) is 0. The Morgan fingerprint density at radius 3 is 0.857 bits per heavy atom. The zero-order valence-corrected chi connectivity index (χ0v) is 6.92. The molecule has 5 heteroatoms. The molecule has 0 nitrogen and oxygen atoms in total. The fourth-order valence-corrected chi connectivity index (χ4v) is 0. The van der Waals surface area contributed by atoms with Crippen molar-refractivity contribution in [2.45, 2.75) is 9.67 Å². The molecule has 0 N–H and O–H groups in total. The Kier molecular flexibility index (Phi) is 8.99. The van der Waals surface area contributed by atoms with Crippen molar-refractivity contribution in [3.63, 3.8) is 0 Å². The van der Waals surface area contributed by atoms with Crippen molar-refractivity contribution < 1.29 is 0 Å². The number of hydrogen-bond acceptors (Lipinski definition) is 0. The van der Waals surface area contributed by atoms with Crippen LogP contribution in [0.5, 0.6) is 0 Å². The van der Waals surface area contributed by atoms with Crippen molar-refractivity contribution in [2.24, 2.45) is 0 Å². The summed E-state index contributed by atoms with van der Waals surface area (Å²) in [7, 11) is 0. The molecule has 0 aliphatic heterocycles. The van der Waals surface area contributed by atoms with Crippen LogP contribution in [-0.4, -0.2) is 9.67 Å². The van der Waals surface area contributed by atoms with Crippen molar-refractivity contribution in [1.82, 2.24) is 0 Å².